The highest BCUT2D eigenvalue weighted by molar-refractivity contribution is 9.11. The van der Waals surface area contributed by atoms with Crippen molar-refractivity contribution in [3.63, 3.8) is 0 Å². The number of ether oxygens (including phenoxy) is 2. The quantitative estimate of drug-likeness (QED) is 0.472. The fourth-order valence-electron chi connectivity index (χ4n) is 1.90. The van der Waals surface area contributed by atoms with Gasteiger partial charge in [0.05, 0.1) is 4.47 Å². The Labute approximate surface area is 146 Å². The summed E-state index contributed by atoms with van der Waals surface area (Å²) in [5, 5.41) is 0. The van der Waals surface area contributed by atoms with E-state index in [0.29, 0.717) is 11.5 Å². The van der Waals surface area contributed by atoms with E-state index >= 15 is 0 Å². The van der Waals surface area contributed by atoms with Crippen LogP contribution in [0.4, 0.5) is 0 Å². The lowest BCUT2D eigenvalue weighted by atomic mass is 10.1. The molecule has 116 valence electrons. The lowest BCUT2D eigenvalue weighted by Crippen LogP contribution is -2.17. The zero-order valence-corrected chi connectivity index (χ0v) is 15.3. The second-order valence-corrected chi connectivity index (χ2v) is 6.50. The summed E-state index contributed by atoms with van der Waals surface area (Å²) in [5.41, 5.74) is 1.23. The molecule has 2 aromatic rings. The van der Waals surface area contributed by atoms with E-state index in [0.717, 1.165) is 21.8 Å². The minimum absolute atomic E-state index is 0.142. The number of benzene rings is 2. The Bertz CT molecular complexity index is 639. The molecule has 0 atom stereocenters. The molecule has 0 heterocycles. The number of carbonyl (C=O) groups excluding carboxylic acids is 1. The molecule has 2 aromatic carbocycles. The first-order valence-electron chi connectivity index (χ1n) is 6.96. The molecule has 0 amide bonds. The van der Waals surface area contributed by atoms with Crippen LogP contribution in [0.15, 0.2) is 51.4 Å². The smallest absolute Gasteiger partial charge is 0.349 e. The fraction of sp³-hybridized carbons (Fsp3) is 0.235. The highest BCUT2D eigenvalue weighted by atomic mass is 79.9. The maximum atomic E-state index is 11.8. The molecular weight excluding hydrogens is 412 g/mol. The maximum Gasteiger partial charge on any atom is 0.349 e. The van der Waals surface area contributed by atoms with Crippen LogP contribution in [-0.2, 0) is 11.2 Å². The number of esters is 1. The zero-order valence-electron chi connectivity index (χ0n) is 12.1. The lowest BCUT2D eigenvalue weighted by molar-refractivity contribution is -0.136. The highest BCUT2D eigenvalue weighted by Crippen LogP contribution is 2.28. The van der Waals surface area contributed by atoms with Gasteiger partial charge < -0.3 is 9.47 Å². The van der Waals surface area contributed by atoms with Gasteiger partial charge in [-0.25, -0.2) is 4.79 Å². The van der Waals surface area contributed by atoms with Crippen LogP contribution in [0.1, 0.15) is 18.9 Å². The Morgan fingerprint density at radius 3 is 2.45 bits per heavy atom. The summed E-state index contributed by atoms with van der Waals surface area (Å²) < 4.78 is 12.4. The van der Waals surface area contributed by atoms with Crippen molar-refractivity contribution in [3.8, 4) is 11.5 Å². The summed E-state index contributed by atoms with van der Waals surface area (Å²) in [6, 6.07) is 13.0. The predicted molar refractivity (Wildman–Crippen MR) is 93.4 cm³/mol. The molecule has 0 aliphatic heterocycles. The fourth-order valence-corrected chi connectivity index (χ4v) is 3.06. The first-order valence-corrected chi connectivity index (χ1v) is 8.54. The summed E-state index contributed by atoms with van der Waals surface area (Å²) >= 11 is 6.74. The minimum Gasteiger partial charge on any atom is -0.481 e. The van der Waals surface area contributed by atoms with Gasteiger partial charge in [0, 0.05) is 4.47 Å². The number of halogens is 2. The molecule has 5 heteroatoms. The van der Waals surface area contributed by atoms with Crippen LogP contribution in [0.25, 0.3) is 0 Å². The van der Waals surface area contributed by atoms with E-state index in [2.05, 4.69) is 38.8 Å². The number of carbonyl (C=O) groups is 1. The van der Waals surface area contributed by atoms with Crippen molar-refractivity contribution in [2.75, 3.05) is 6.61 Å². The standard InChI is InChI=1S/C17H16Br2O3/c1-2-3-12-4-7-14(8-5-12)22-17(20)11-21-16-9-6-13(18)10-15(16)19/h4-10H,2-3,11H2,1H3. The largest absolute Gasteiger partial charge is 0.481 e. The number of hydrogen-bond acceptors (Lipinski definition) is 3. The van der Waals surface area contributed by atoms with Gasteiger partial charge in [0.15, 0.2) is 6.61 Å². The third-order valence-electron chi connectivity index (χ3n) is 2.93. The summed E-state index contributed by atoms with van der Waals surface area (Å²) in [7, 11) is 0. The SMILES string of the molecule is CCCc1ccc(OC(=O)COc2ccc(Br)cc2Br)cc1. The van der Waals surface area contributed by atoms with Gasteiger partial charge in [0.1, 0.15) is 11.5 Å². The average molecular weight is 428 g/mol. The van der Waals surface area contributed by atoms with E-state index < -0.39 is 5.97 Å². The molecule has 0 radical (unpaired) electrons. The molecule has 0 bridgehead atoms. The summed E-state index contributed by atoms with van der Waals surface area (Å²) in [6.07, 6.45) is 2.12. The second kappa shape index (κ2) is 8.34. The molecule has 2 rings (SSSR count). The first-order chi connectivity index (χ1) is 10.6. The molecule has 0 fully saturated rings. The third-order valence-corrected chi connectivity index (χ3v) is 4.05. The monoisotopic (exact) mass is 426 g/mol. The van der Waals surface area contributed by atoms with E-state index in [1.54, 1.807) is 18.2 Å². The molecule has 3 nitrogen and oxygen atoms in total. The van der Waals surface area contributed by atoms with E-state index in [1.165, 1.54) is 5.56 Å². The Balaban J connectivity index is 1.87. The first kappa shape index (κ1) is 17.0. The van der Waals surface area contributed by atoms with Gasteiger partial charge >= 0.3 is 5.97 Å². The number of aryl methyl sites for hydroxylation is 1. The van der Waals surface area contributed by atoms with Crippen LogP contribution >= 0.6 is 31.9 Å². The Morgan fingerprint density at radius 1 is 1.09 bits per heavy atom. The van der Waals surface area contributed by atoms with Gasteiger partial charge in [-0.1, -0.05) is 41.4 Å². The van der Waals surface area contributed by atoms with Gasteiger partial charge in [0.2, 0.25) is 0 Å². The predicted octanol–water partition coefficient (Wildman–Crippen LogP) is 5.15. The second-order valence-electron chi connectivity index (χ2n) is 4.73. The third kappa shape index (κ3) is 5.14. The van der Waals surface area contributed by atoms with E-state index in [9.17, 15) is 4.79 Å². The summed E-state index contributed by atoms with van der Waals surface area (Å²) in [5.74, 6) is 0.694. The van der Waals surface area contributed by atoms with Crippen LogP contribution in [0.5, 0.6) is 11.5 Å². The van der Waals surface area contributed by atoms with Gasteiger partial charge in [0.25, 0.3) is 0 Å². The molecule has 0 saturated carbocycles. The molecular formula is C17H16Br2O3. The zero-order chi connectivity index (χ0) is 15.9. The van der Waals surface area contributed by atoms with Crippen LogP contribution in [0.3, 0.4) is 0 Å². The van der Waals surface area contributed by atoms with Gasteiger partial charge in [-0.2, -0.15) is 0 Å². The van der Waals surface area contributed by atoms with E-state index in [-0.39, 0.29) is 6.61 Å². The molecule has 0 aliphatic rings. The van der Waals surface area contributed by atoms with Crippen molar-refractivity contribution < 1.29 is 14.3 Å². The normalized spacial score (nSPS) is 10.3. The molecule has 22 heavy (non-hydrogen) atoms. The van der Waals surface area contributed by atoms with Crippen molar-refractivity contribution in [2.45, 2.75) is 19.8 Å². The van der Waals surface area contributed by atoms with Gasteiger partial charge in [-0.15, -0.1) is 0 Å². The molecule has 0 spiro atoms. The number of rotatable bonds is 6. The van der Waals surface area contributed by atoms with Crippen molar-refractivity contribution >= 4 is 37.8 Å². The van der Waals surface area contributed by atoms with Crippen LogP contribution < -0.4 is 9.47 Å². The molecule has 0 aromatic heterocycles. The molecule has 0 N–H and O–H groups in total. The molecule has 0 aliphatic carbocycles. The maximum absolute atomic E-state index is 11.8. The Kier molecular flexibility index (Phi) is 6.46. The minimum atomic E-state index is -0.432. The lowest BCUT2D eigenvalue weighted by Gasteiger charge is -2.09. The van der Waals surface area contributed by atoms with Crippen molar-refractivity contribution in [2.24, 2.45) is 0 Å². The Hall–Kier alpha value is -1.33. The van der Waals surface area contributed by atoms with Gasteiger partial charge in [-0.3, -0.25) is 0 Å². The molecule has 0 unspecified atom stereocenters. The van der Waals surface area contributed by atoms with Crippen LogP contribution in [0.2, 0.25) is 0 Å². The Morgan fingerprint density at radius 2 is 1.82 bits per heavy atom. The topological polar surface area (TPSA) is 35.5 Å². The van der Waals surface area contributed by atoms with Gasteiger partial charge in [-0.05, 0) is 58.2 Å². The van der Waals surface area contributed by atoms with Crippen molar-refractivity contribution in [1.29, 1.82) is 0 Å². The number of hydrogen-bond donors (Lipinski definition) is 0. The summed E-state index contributed by atoms with van der Waals surface area (Å²) in [6.45, 7) is 1.99. The van der Waals surface area contributed by atoms with E-state index in [4.69, 9.17) is 9.47 Å². The average Bonchev–Trinajstić information content (AvgIpc) is 2.49. The highest BCUT2D eigenvalue weighted by Gasteiger charge is 2.08. The summed E-state index contributed by atoms with van der Waals surface area (Å²) in [4.78, 5) is 11.8. The molecule has 0 saturated heterocycles. The van der Waals surface area contributed by atoms with Crippen LogP contribution in [0, 0.1) is 0 Å². The van der Waals surface area contributed by atoms with Crippen molar-refractivity contribution in [3.05, 3.63) is 57.0 Å². The van der Waals surface area contributed by atoms with Crippen molar-refractivity contribution in [1.82, 2.24) is 0 Å². The van der Waals surface area contributed by atoms with E-state index in [1.807, 2.05) is 24.3 Å². The van der Waals surface area contributed by atoms with Crippen LogP contribution in [-0.4, -0.2) is 12.6 Å².